The third-order valence-electron chi connectivity index (χ3n) is 2.77. The molecule has 0 aliphatic heterocycles. The molecule has 1 aromatic rings. The summed E-state index contributed by atoms with van der Waals surface area (Å²) in [4.78, 5) is 11.9. The fourth-order valence-electron chi connectivity index (χ4n) is 1.87. The van der Waals surface area contributed by atoms with Crippen molar-refractivity contribution in [2.45, 2.75) is 46.1 Å². The highest BCUT2D eigenvalue weighted by molar-refractivity contribution is 5.96. The van der Waals surface area contributed by atoms with E-state index >= 15 is 0 Å². The number of aromatic nitrogens is 2. The molecule has 0 aromatic carbocycles. The second kappa shape index (κ2) is 5.31. The van der Waals surface area contributed by atoms with Gasteiger partial charge in [0.15, 0.2) is 0 Å². The van der Waals surface area contributed by atoms with E-state index in [0.717, 1.165) is 12.1 Å². The molecule has 0 saturated carbocycles. The first kappa shape index (κ1) is 13.7. The molecule has 0 radical (unpaired) electrons. The van der Waals surface area contributed by atoms with E-state index in [1.165, 1.54) is 0 Å². The van der Waals surface area contributed by atoms with Crippen LogP contribution < -0.4 is 5.32 Å². The van der Waals surface area contributed by atoms with Crippen LogP contribution in [0.1, 0.15) is 48.4 Å². The number of aromatic amines is 1. The maximum Gasteiger partial charge on any atom is 0.255 e. The normalized spacial score (nSPS) is 14.4. The highest BCUT2D eigenvalue weighted by atomic mass is 16.3. The number of rotatable bonds is 5. The van der Waals surface area contributed by atoms with Gasteiger partial charge in [0.1, 0.15) is 0 Å². The monoisotopic (exact) mass is 239 g/mol. The van der Waals surface area contributed by atoms with Crippen LogP contribution >= 0.6 is 0 Å². The van der Waals surface area contributed by atoms with Crippen LogP contribution in [-0.2, 0) is 0 Å². The average Bonchev–Trinajstić information content (AvgIpc) is 2.55. The topological polar surface area (TPSA) is 78.0 Å². The average molecular weight is 239 g/mol. The molecule has 0 aliphatic carbocycles. The predicted molar refractivity (Wildman–Crippen MR) is 65.9 cm³/mol. The molecular weight excluding hydrogens is 218 g/mol. The van der Waals surface area contributed by atoms with Crippen LogP contribution in [-0.4, -0.2) is 33.4 Å². The summed E-state index contributed by atoms with van der Waals surface area (Å²) in [5.74, 6) is -0.190. The molecule has 5 heteroatoms. The molecule has 1 atom stereocenters. The summed E-state index contributed by atoms with van der Waals surface area (Å²) in [5.41, 5.74) is 1.14. The van der Waals surface area contributed by atoms with Gasteiger partial charge < -0.3 is 10.4 Å². The van der Waals surface area contributed by atoms with Gasteiger partial charge in [-0.1, -0.05) is 13.3 Å². The SMILES string of the molecule is CCCC(C)(O)CNC(=O)c1c(C)n[nH]c1C. The summed E-state index contributed by atoms with van der Waals surface area (Å²) in [6.45, 7) is 7.57. The van der Waals surface area contributed by atoms with E-state index in [9.17, 15) is 9.90 Å². The molecule has 17 heavy (non-hydrogen) atoms. The number of aryl methyl sites for hydroxylation is 2. The molecule has 1 amide bonds. The van der Waals surface area contributed by atoms with Crippen molar-refractivity contribution in [3.05, 3.63) is 17.0 Å². The molecule has 1 aromatic heterocycles. The van der Waals surface area contributed by atoms with Crippen molar-refractivity contribution >= 4 is 5.91 Å². The van der Waals surface area contributed by atoms with Crippen molar-refractivity contribution in [1.82, 2.24) is 15.5 Å². The lowest BCUT2D eigenvalue weighted by Gasteiger charge is -2.22. The molecule has 1 unspecified atom stereocenters. The molecule has 1 rings (SSSR count). The van der Waals surface area contributed by atoms with Gasteiger partial charge in [-0.15, -0.1) is 0 Å². The van der Waals surface area contributed by atoms with Gasteiger partial charge in [-0.25, -0.2) is 0 Å². The van der Waals surface area contributed by atoms with Crippen LogP contribution in [0.15, 0.2) is 0 Å². The molecule has 5 nitrogen and oxygen atoms in total. The maximum absolute atomic E-state index is 11.9. The van der Waals surface area contributed by atoms with E-state index in [4.69, 9.17) is 0 Å². The minimum Gasteiger partial charge on any atom is -0.388 e. The zero-order valence-electron chi connectivity index (χ0n) is 10.9. The quantitative estimate of drug-likeness (QED) is 0.725. The van der Waals surface area contributed by atoms with Crippen LogP contribution in [0.2, 0.25) is 0 Å². The van der Waals surface area contributed by atoms with E-state index in [1.807, 2.05) is 6.92 Å². The second-order valence-electron chi connectivity index (χ2n) is 4.74. The van der Waals surface area contributed by atoms with Crippen molar-refractivity contribution in [2.24, 2.45) is 0 Å². The van der Waals surface area contributed by atoms with Crippen LogP contribution in [0.3, 0.4) is 0 Å². The third kappa shape index (κ3) is 3.56. The van der Waals surface area contributed by atoms with E-state index in [1.54, 1.807) is 20.8 Å². The van der Waals surface area contributed by atoms with Gasteiger partial charge in [-0.3, -0.25) is 9.89 Å². The zero-order chi connectivity index (χ0) is 13.1. The molecule has 1 heterocycles. The maximum atomic E-state index is 11.9. The first-order valence-corrected chi connectivity index (χ1v) is 5.89. The number of aliphatic hydroxyl groups is 1. The Morgan fingerprint density at radius 1 is 1.53 bits per heavy atom. The Morgan fingerprint density at radius 2 is 2.18 bits per heavy atom. The van der Waals surface area contributed by atoms with Gasteiger partial charge in [0.2, 0.25) is 0 Å². The first-order valence-electron chi connectivity index (χ1n) is 5.89. The number of H-pyrrole nitrogens is 1. The highest BCUT2D eigenvalue weighted by Crippen LogP contribution is 2.12. The van der Waals surface area contributed by atoms with Gasteiger partial charge in [-0.05, 0) is 27.2 Å². The Hall–Kier alpha value is -1.36. The Labute approximate surface area is 102 Å². The number of carbonyl (C=O) groups is 1. The Bertz CT molecular complexity index is 377. The molecule has 3 N–H and O–H groups in total. The van der Waals surface area contributed by atoms with E-state index < -0.39 is 5.60 Å². The summed E-state index contributed by atoms with van der Waals surface area (Å²) in [5, 5.41) is 19.4. The first-order chi connectivity index (χ1) is 7.87. The minimum absolute atomic E-state index is 0.190. The molecule has 0 aliphatic rings. The largest absolute Gasteiger partial charge is 0.388 e. The van der Waals surface area contributed by atoms with E-state index in [2.05, 4.69) is 15.5 Å². The molecule has 0 bridgehead atoms. The van der Waals surface area contributed by atoms with Crippen LogP contribution in [0.5, 0.6) is 0 Å². The summed E-state index contributed by atoms with van der Waals surface area (Å²) in [6.07, 6.45) is 1.54. The number of hydrogen-bond acceptors (Lipinski definition) is 3. The number of amides is 1. The molecular formula is C12H21N3O2. The van der Waals surface area contributed by atoms with Crippen molar-refractivity contribution < 1.29 is 9.90 Å². The zero-order valence-corrected chi connectivity index (χ0v) is 10.9. The van der Waals surface area contributed by atoms with Crippen molar-refractivity contribution in [2.75, 3.05) is 6.54 Å². The Kier molecular flexibility index (Phi) is 4.28. The standard InChI is InChI=1S/C12H21N3O2/c1-5-6-12(4,17)7-13-11(16)10-8(2)14-15-9(10)3/h17H,5-7H2,1-4H3,(H,13,16)(H,14,15). The number of nitrogens with zero attached hydrogens (tertiary/aromatic N) is 1. The van der Waals surface area contributed by atoms with Crippen molar-refractivity contribution in [3.63, 3.8) is 0 Å². The smallest absolute Gasteiger partial charge is 0.255 e. The molecule has 96 valence electrons. The lowest BCUT2D eigenvalue weighted by molar-refractivity contribution is 0.0469. The fraction of sp³-hybridized carbons (Fsp3) is 0.667. The van der Waals surface area contributed by atoms with Crippen LogP contribution in [0.4, 0.5) is 0 Å². The van der Waals surface area contributed by atoms with Crippen molar-refractivity contribution in [1.29, 1.82) is 0 Å². The lowest BCUT2D eigenvalue weighted by atomic mass is 10.0. The number of carbonyl (C=O) groups excluding carboxylic acids is 1. The Balaban J connectivity index is 2.62. The number of hydrogen-bond donors (Lipinski definition) is 3. The molecule has 0 fully saturated rings. The van der Waals surface area contributed by atoms with Gasteiger partial charge in [0.25, 0.3) is 5.91 Å². The fourth-order valence-corrected chi connectivity index (χ4v) is 1.87. The number of nitrogens with one attached hydrogen (secondary N) is 2. The van der Waals surface area contributed by atoms with Gasteiger partial charge in [0, 0.05) is 12.2 Å². The van der Waals surface area contributed by atoms with E-state index in [-0.39, 0.29) is 12.5 Å². The van der Waals surface area contributed by atoms with Gasteiger partial charge in [-0.2, -0.15) is 5.10 Å². The summed E-state index contributed by atoms with van der Waals surface area (Å²) in [7, 11) is 0. The third-order valence-corrected chi connectivity index (χ3v) is 2.77. The van der Waals surface area contributed by atoms with Crippen LogP contribution in [0.25, 0.3) is 0 Å². The van der Waals surface area contributed by atoms with Gasteiger partial charge >= 0.3 is 0 Å². The highest BCUT2D eigenvalue weighted by Gasteiger charge is 2.22. The van der Waals surface area contributed by atoms with Crippen LogP contribution in [0, 0.1) is 13.8 Å². The minimum atomic E-state index is -0.851. The van der Waals surface area contributed by atoms with E-state index in [0.29, 0.717) is 17.7 Å². The molecule has 0 saturated heterocycles. The predicted octanol–water partition coefficient (Wildman–Crippen LogP) is 1.31. The van der Waals surface area contributed by atoms with Gasteiger partial charge in [0.05, 0.1) is 16.9 Å². The summed E-state index contributed by atoms with van der Waals surface area (Å²) >= 11 is 0. The molecule has 0 spiro atoms. The van der Waals surface area contributed by atoms with Crippen molar-refractivity contribution in [3.8, 4) is 0 Å². The second-order valence-corrected chi connectivity index (χ2v) is 4.74. The summed E-state index contributed by atoms with van der Waals surface area (Å²) in [6, 6.07) is 0. The summed E-state index contributed by atoms with van der Waals surface area (Å²) < 4.78 is 0. The lowest BCUT2D eigenvalue weighted by Crippen LogP contribution is -2.40. The Morgan fingerprint density at radius 3 is 2.65 bits per heavy atom.